The summed E-state index contributed by atoms with van der Waals surface area (Å²) in [6, 6.07) is 7.84. The molecule has 1 aromatic carbocycles. The molecular formula is C15H15N3O3. The summed E-state index contributed by atoms with van der Waals surface area (Å²) in [7, 11) is 3.18. The van der Waals surface area contributed by atoms with Crippen molar-refractivity contribution in [3.8, 4) is 5.75 Å². The Morgan fingerprint density at radius 3 is 2.76 bits per heavy atom. The molecule has 0 aliphatic rings. The van der Waals surface area contributed by atoms with Gasteiger partial charge in [-0.15, -0.1) is 0 Å². The number of anilines is 1. The fraction of sp³-hybridized carbons (Fsp3) is 0.200. The summed E-state index contributed by atoms with van der Waals surface area (Å²) in [5, 5.41) is 1.74. The fourth-order valence-electron chi connectivity index (χ4n) is 2.55. The van der Waals surface area contributed by atoms with Gasteiger partial charge in [0.25, 0.3) is 0 Å². The number of para-hydroxylation sites is 1. The van der Waals surface area contributed by atoms with Crippen molar-refractivity contribution in [2.75, 3.05) is 12.8 Å². The van der Waals surface area contributed by atoms with E-state index < -0.39 is 6.16 Å². The van der Waals surface area contributed by atoms with Crippen LogP contribution in [-0.2, 0) is 11.8 Å². The molecule has 2 heterocycles. The third kappa shape index (κ3) is 1.87. The lowest BCUT2D eigenvalue weighted by atomic mass is 10.1. The minimum atomic E-state index is -0.814. The van der Waals surface area contributed by atoms with Crippen molar-refractivity contribution in [2.45, 2.75) is 6.92 Å². The van der Waals surface area contributed by atoms with Crippen molar-refractivity contribution in [3.05, 3.63) is 30.0 Å². The second kappa shape index (κ2) is 4.66. The van der Waals surface area contributed by atoms with Crippen LogP contribution in [0.5, 0.6) is 5.75 Å². The number of carbonyl (C=O) groups excluding carboxylic acids is 1. The number of ether oxygens (including phenoxy) is 2. The highest BCUT2D eigenvalue weighted by atomic mass is 16.7. The van der Waals surface area contributed by atoms with Crippen LogP contribution >= 0.6 is 0 Å². The first-order valence-electron chi connectivity index (χ1n) is 6.43. The molecular weight excluding hydrogens is 270 g/mol. The Morgan fingerprint density at radius 1 is 1.33 bits per heavy atom. The highest BCUT2D eigenvalue weighted by molar-refractivity contribution is 6.13. The van der Waals surface area contributed by atoms with Crippen LogP contribution in [0.1, 0.15) is 5.69 Å². The van der Waals surface area contributed by atoms with E-state index in [1.807, 2.05) is 35.9 Å². The molecule has 0 radical (unpaired) electrons. The van der Waals surface area contributed by atoms with Crippen LogP contribution in [0.2, 0.25) is 0 Å². The number of pyridine rings is 1. The number of benzene rings is 1. The molecule has 0 fully saturated rings. The molecule has 21 heavy (non-hydrogen) atoms. The molecule has 0 aliphatic carbocycles. The highest BCUT2D eigenvalue weighted by Crippen LogP contribution is 2.38. The Kier molecular flexibility index (Phi) is 2.94. The lowest BCUT2D eigenvalue weighted by molar-refractivity contribution is 0.121. The normalized spacial score (nSPS) is 11.0. The van der Waals surface area contributed by atoms with E-state index >= 15 is 0 Å². The minimum absolute atomic E-state index is 0.241. The molecule has 0 saturated carbocycles. The van der Waals surface area contributed by atoms with Crippen molar-refractivity contribution < 1.29 is 14.3 Å². The quantitative estimate of drug-likeness (QED) is 0.695. The Bertz CT molecular complexity index is 868. The van der Waals surface area contributed by atoms with Gasteiger partial charge in [-0.05, 0) is 13.0 Å². The van der Waals surface area contributed by atoms with Gasteiger partial charge in [0.2, 0.25) is 0 Å². The molecule has 0 aliphatic heterocycles. The van der Waals surface area contributed by atoms with Crippen molar-refractivity contribution in [1.82, 2.24) is 9.55 Å². The number of nitrogens with zero attached hydrogens (tertiary/aromatic N) is 2. The molecule has 0 spiro atoms. The standard InChI is InChI=1S/C15H15N3O3/c1-8-13(21-15(19)20-3)12(16)11-9-6-4-5-7-10(9)18(2)14(11)17-8/h4-7H,1-3H3,(H2,16,17). The topological polar surface area (TPSA) is 79.4 Å². The van der Waals surface area contributed by atoms with Gasteiger partial charge in [0, 0.05) is 12.4 Å². The first kappa shape index (κ1) is 13.2. The average molecular weight is 285 g/mol. The largest absolute Gasteiger partial charge is 0.513 e. The predicted octanol–water partition coefficient (Wildman–Crippen LogP) is 2.76. The number of hydrogen-bond donors (Lipinski definition) is 1. The zero-order valence-corrected chi connectivity index (χ0v) is 12.0. The number of aryl methyl sites for hydroxylation is 2. The minimum Gasteiger partial charge on any atom is -0.437 e. The lowest BCUT2D eigenvalue weighted by Gasteiger charge is -2.10. The van der Waals surface area contributed by atoms with Gasteiger partial charge in [0.15, 0.2) is 5.75 Å². The summed E-state index contributed by atoms with van der Waals surface area (Å²) in [5.41, 5.74) is 8.91. The lowest BCUT2D eigenvalue weighted by Crippen LogP contribution is -2.11. The molecule has 0 amide bonds. The van der Waals surface area contributed by atoms with Crippen LogP contribution in [0, 0.1) is 6.92 Å². The number of hydrogen-bond acceptors (Lipinski definition) is 5. The number of fused-ring (bicyclic) bond motifs is 3. The smallest absolute Gasteiger partial charge is 0.437 e. The van der Waals surface area contributed by atoms with Gasteiger partial charge in [0.1, 0.15) is 5.65 Å². The molecule has 108 valence electrons. The molecule has 6 heteroatoms. The molecule has 0 saturated heterocycles. The average Bonchev–Trinajstić information content (AvgIpc) is 2.77. The van der Waals surface area contributed by atoms with Crippen molar-refractivity contribution in [3.63, 3.8) is 0 Å². The zero-order valence-electron chi connectivity index (χ0n) is 12.0. The molecule has 2 N–H and O–H groups in total. The van der Waals surface area contributed by atoms with Crippen molar-refractivity contribution in [2.24, 2.45) is 7.05 Å². The van der Waals surface area contributed by atoms with Gasteiger partial charge in [-0.25, -0.2) is 9.78 Å². The van der Waals surface area contributed by atoms with Crippen LogP contribution in [-0.4, -0.2) is 22.8 Å². The molecule has 0 atom stereocenters. The van der Waals surface area contributed by atoms with Gasteiger partial charge < -0.3 is 19.8 Å². The van der Waals surface area contributed by atoms with Crippen LogP contribution < -0.4 is 10.5 Å². The molecule has 0 bridgehead atoms. The summed E-state index contributed by atoms with van der Waals surface area (Å²) in [5.74, 6) is 0.241. The number of methoxy groups -OCH3 is 1. The second-order valence-electron chi connectivity index (χ2n) is 4.77. The number of carbonyl (C=O) groups is 1. The highest BCUT2D eigenvalue weighted by Gasteiger charge is 2.20. The Morgan fingerprint density at radius 2 is 2.05 bits per heavy atom. The molecule has 2 aromatic heterocycles. The zero-order chi connectivity index (χ0) is 15.1. The number of nitrogens with two attached hydrogens (primary N) is 1. The third-order valence-electron chi connectivity index (χ3n) is 3.54. The van der Waals surface area contributed by atoms with Crippen LogP contribution in [0.3, 0.4) is 0 Å². The first-order chi connectivity index (χ1) is 10.0. The van der Waals surface area contributed by atoms with Gasteiger partial charge >= 0.3 is 6.16 Å². The van der Waals surface area contributed by atoms with E-state index in [1.54, 1.807) is 6.92 Å². The van der Waals surface area contributed by atoms with Gasteiger partial charge in [0.05, 0.1) is 29.4 Å². The van der Waals surface area contributed by atoms with E-state index in [-0.39, 0.29) is 5.75 Å². The predicted molar refractivity (Wildman–Crippen MR) is 80.4 cm³/mol. The fourth-order valence-corrected chi connectivity index (χ4v) is 2.55. The van der Waals surface area contributed by atoms with Crippen LogP contribution in [0.15, 0.2) is 24.3 Å². The van der Waals surface area contributed by atoms with Gasteiger partial charge in [-0.2, -0.15) is 0 Å². The van der Waals surface area contributed by atoms with E-state index in [1.165, 1.54) is 7.11 Å². The van der Waals surface area contributed by atoms with E-state index in [9.17, 15) is 4.79 Å². The van der Waals surface area contributed by atoms with Crippen LogP contribution in [0.25, 0.3) is 21.9 Å². The summed E-state index contributed by atoms with van der Waals surface area (Å²) in [6.07, 6.45) is -0.814. The van der Waals surface area contributed by atoms with Crippen molar-refractivity contribution >= 4 is 33.8 Å². The van der Waals surface area contributed by atoms with Gasteiger partial charge in [-0.1, -0.05) is 18.2 Å². The third-order valence-corrected chi connectivity index (χ3v) is 3.54. The Labute approximate surface area is 121 Å². The monoisotopic (exact) mass is 285 g/mol. The first-order valence-corrected chi connectivity index (χ1v) is 6.43. The van der Waals surface area contributed by atoms with E-state index in [0.717, 1.165) is 21.9 Å². The molecule has 0 unspecified atom stereocenters. The van der Waals surface area contributed by atoms with E-state index in [4.69, 9.17) is 10.5 Å². The maximum atomic E-state index is 11.4. The Balaban J connectivity index is 2.38. The molecule has 3 aromatic rings. The SMILES string of the molecule is COC(=O)Oc1c(C)nc2c(c1N)c1ccccc1n2C. The summed E-state index contributed by atoms with van der Waals surface area (Å²) in [6.45, 7) is 1.74. The Hall–Kier alpha value is -2.76. The molecule has 3 rings (SSSR count). The summed E-state index contributed by atoms with van der Waals surface area (Å²) in [4.78, 5) is 15.9. The summed E-state index contributed by atoms with van der Waals surface area (Å²) >= 11 is 0. The van der Waals surface area contributed by atoms with Crippen LogP contribution in [0.4, 0.5) is 10.5 Å². The number of rotatable bonds is 1. The number of aromatic nitrogens is 2. The second-order valence-corrected chi connectivity index (χ2v) is 4.77. The maximum absolute atomic E-state index is 11.4. The maximum Gasteiger partial charge on any atom is 0.513 e. The van der Waals surface area contributed by atoms with Gasteiger partial charge in [-0.3, -0.25) is 0 Å². The number of nitrogen functional groups attached to an aromatic ring is 1. The van der Waals surface area contributed by atoms with E-state index in [2.05, 4.69) is 9.72 Å². The van der Waals surface area contributed by atoms with Crippen molar-refractivity contribution in [1.29, 1.82) is 0 Å². The van der Waals surface area contributed by atoms with E-state index in [0.29, 0.717) is 11.4 Å². The summed E-state index contributed by atoms with van der Waals surface area (Å²) < 4.78 is 11.6. The molecule has 6 nitrogen and oxygen atoms in total.